The van der Waals surface area contributed by atoms with Gasteiger partial charge in [-0.05, 0) is 18.2 Å². The smallest absolute Gasteiger partial charge is 0.251 e. The Morgan fingerprint density at radius 1 is 1.22 bits per heavy atom. The van der Waals surface area contributed by atoms with E-state index in [1.807, 2.05) is 24.3 Å². The molecule has 3 aliphatic rings. The lowest BCUT2D eigenvalue weighted by molar-refractivity contribution is -0.117. The largest absolute Gasteiger partial charge is 0.379 e. The quantitative estimate of drug-likeness (QED) is 0.850. The second-order valence-corrected chi connectivity index (χ2v) is 6.42. The van der Waals surface area contributed by atoms with Crippen LogP contribution in [0, 0.1) is 0 Å². The Hall–Kier alpha value is -2.81. The van der Waals surface area contributed by atoms with E-state index in [2.05, 4.69) is 20.4 Å². The van der Waals surface area contributed by atoms with Crippen LogP contribution >= 0.6 is 0 Å². The van der Waals surface area contributed by atoms with Crippen LogP contribution in [0.2, 0.25) is 0 Å². The highest BCUT2D eigenvalue weighted by Crippen LogP contribution is 2.38. The minimum atomic E-state index is -0.186. The van der Waals surface area contributed by atoms with E-state index in [4.69, 9.17) is 4.74 Å². The summed E-state index contributed by atoms with van der Waals surface area (Å²) in [6.45, 7) is 4.59. The zero-order chi connectivity index (χ0) is 18.6. The average molecular weight is 367 g/mol. The first-order chi connectivity index (χ1) is 13.2. The number of rotatable bonds is 4. The van der Waals surface area contributed by atoms with Crippen LogP contribution < -0.4 is 5.32 Å². The Morgan fingerprint density at radius 3 is 2.89 bits per heavy atom. The van der Waals surface area contributed by atoms with Crippen LogP contribution in [0.4, 0.5) is 5.69 Å². The van der Waals surface area contributed by atoms with Crippen molar-refractivity contribution in [1.29, 1.82) is 0 Å². The molecule has 0 bridgehead atoms. The molecular formula is C19H21N5O3. The molecule has 1 aromatic rings. The number of carbonyl (C=O) groups is 1. The lowest BCUT2D eigenvalue weighted by atomic mass is 10.1. The number of azo groups is 1. The van der Waals surface area contributed by atoms with Gasteiger partial charge in [0.25, 0.3) is 5.91 Å². The third kappa shape index (κ3) is 3.82. The van der Waals surface area contributed by atoms with Crippen molar-refractivity contribution in [3.05, 3.63) is 59.5 Å². The zero-order valence-corrected chi connectivity index (χ0v) is 14.8. The van der Waals surface area contributed by atoms with E-state index in [-0.39, 0.29) is 5.91 Å². The zero-order valence-electron chi connectivity index (χ0n) is 14.8. The molecule has 140 valence electrons. The van der Waals surface area contributed by atoms with Crippen molar-refractivity contribution in [3.8, 4) is 0 Å². The molecule has 0 atom stereocenters. The molecule has 2 N–H and O–H groups in total. The first-order valence-electron chi connectivity index (χ1n) is 8.94. The molecule has 1 saturated heterocycles. The van der Waals surface area contributed by atoms with Gasteiger partial charge in [0.15, 0.2) is 0 Å². The van der Waals surface area contributed by atoms with E-state index in [9.17, 15) is 10.0 Å². The van der Waals surface area contributed by atoms with Crippen molar-refractivity contribution in [2.24, 2.45) is 10.2 Å². The van der Waals surface area contributed by atoms with Gasteiger partial charge in [0.1, 0.15) is 5.70 Å². The maximum absolute atomic E-state index is 12.5. The molecule has 0 unspecified atom stereocenters. The molecule has 0 aliphatic carbocycles. The summed E-state index contributed by atoms with van der Waals surface area (Å²) in [5.74, 6) is -0.186. The molecule has 1 amide bonds. The molecule has 4 rings (SSSR count). The van der Waals surface area contributed by atoms with Crippen molar-refractivity contribution in [1.82, 2.24) is 15.3 Å². The van der Waals surface area contributed by atoms with Gasteiger partial charge in [0, 0.05) is 43.5 Å². The molecule has 0 saturated carbocycles. The number of hydroxylamine groups is 2. The second-order valence-electron chi connectivity index (χ2n) is 6.42. The van der Waals surface area contributed by atoms with Crippen molar-refractivity contribution < 1.29 is 14.7 Å². The average Bonchev–Trinajstić information content (AvgIpc) is 3.13. The number of hydrogen-bond donors (Lipinski definition) is 2. The maximum Gasteiger partial charge on any atom is 0.251 e. The van der Waals surface area contributed by atoms with E-state index in [0.29, 0.717) is 23.5 Å². The number of benzene rings is 1. The van der Waals surface area contributed by atoms with Crippen LogP contribution in [-0.4, -0.2) is 60.5 Å². The fourth-order valence-electron chi connectivity index (χ4n) is 3.17. The molecule has 27 heavy (non-hydrogen) atoms. The highest BCUT2D eigenvalue weighted by atomic mass is 16.5. The Bertz CT molecular complexity index is 853. The first kappa shape index (κ1) is 17.6. The van der Waals surface area contributed by atoms with Crippen LogP contribution in [0.5, 0.6) is 0 Å². The SMILES string of the molecule is O=C(NCCN1CCOCC1)C1=C/C(=C2\N=Nc3ccccc32)N(O)C=C1. The van der Waals surface area contributed by atoms with Gasteiger partial charge in [-0.3, -0.25) is 14.9 Å². The molecule has 0 radical (unpaired) electrons. The number of fused-ring (bicyclic) bond motifs is 1. The monoisotopic (exact) mass is 367 g/mol. The van der Waals surface area contributed by atoms with Gasteiger partial charge in [0.05, 0.1) is 24.6 Å². The summed E-state index contributed by atoms with van der Waals surface area (Å²) in [4.78, 5) is 14.8. The highest BCUT2D eigenvalue weighted by molar-refractivity contribution is 5.97. The lowest BCUT2D eigenvalue weighted by Gasteiger charge is -2.26. The van der Waals surface area contributed by atoms with Crippen LogP contribution in [0.3, 0.4) is 0 Å². The van der Waals surface area contributed by atoms with Gasteiger partial charge in [-0.2, -0.15) is 0 Å². The van der Waals surface area contributed by atoms with Crippen molar-refractivity contribution >= 4 is 17.3 Å². The number of morpholine rings is 1. The number of amides is 1. The minimum absolute atomic E-state index is 0.186. The van der Waals surface area contributed by atoms with Crippen molar-refractivity contribution in [3.63, 3.8) is 0 Å². The Morgan fingerprint density at radius 2 is 2.04 bits per heavy atom. The third-order valence-corrected chi connectivity index (χ3v) is 4.67. The van der Waals surface area contributed by atoms with Gasteiger partial charge >= 0.3 is 0 Å². The maximum atomic E-state index is 12.5. The normalized spacial score (nSPS) is 22.0. The summed E-state index contributed by atoms with van der Waals surface area (Å²) in [6.07, 6.45) is 4.64. The van der Waals surface area contributed by atoms with Crippen LogP contribution in [0.15, 0.2) is 64.1 Å². The molecule has 3 heterocycles. The lowest BCUT2D eigenvalue weighted by Crippen LogP contribution is -2.41. The van der Waals surface area contributed by atoms with E-state index in [1.54, 1.807) is 12.2 Å². The van der Waals surface area contributed by atoms with E-state index < -0.39 is 0 Å². The number of allylic oxidation sites excluding steroid dienone is 1. The summed E-state index contributed by atoms with van der Waals surface area (Å²) < 4.78 is 5.32. The molecule has 0 aromatic heterocycles. The molecule has 0 spiro atoms. The summed E-state index contributed by atoms with van der Waals surface area (Å²) in [5, 5.41) is 22.4. The Kier molecular flexibility index (Phi) is 5.10. The third-order valence-electron chi connectivity index (χ3n) is 4.67. The number of nitrogens with zero attached hydrogens (tertiary/aromatic N) is 4. The number of carbonyl (C=O) groups excluding carboxylic acids is 1. The number of ether oxygens (including phenoxy) is 1. The van der Waals surface area contributed by atoms with Crippen molar-refractivity contribution in [2.75, 3.05) is 39.4 Å². The molecule has 8 heteroatoms. The summed E-state index contributed by atoms with van der Waals surface area (Å²) in [6, 6.07) is 7.51. The number of nitrogens with one attached hydrogen (secondary N) is 1. The van der Waals surface area contributed by atoms with E-state index in [0.717, 1.165) is 49.2 Å². The predicted molar refractivity (Wildman–Crippen MR) is 99.0 cm³/mol. The fraction of sp³-hybridized carbons (Fsp3) is 0.316. The van der Waals surface area contributed by atoms with E-state index >= 15 is 0 Å². The summed E-state index contributed by atoms with van der Waals surface area (Å²) >= 11 is 0. The number of hydrogen-bond acceptors (Lipinski definition) is 7. The van der Waals surface area contributed by atoms with Gasteiger partial charge in [-0.25, -0.2) is 5.06 Å². The summed E-state index contributed by atoms with van der Waals surface area (Å²) in [7, 11) is 0. The molecule has 3 aliphatic heterocycles. The Labute approximate surface area is 157 Å². The Balaban J connectivity index is 1.46. The van der Waals surface area contributed by atoms with Gasteiger partial charge in [0.2, 0.25) is 0 Å². The second kappa shape index (κ2) is 7.83. The standard InChI is InChI=1S/C19H21N5O3/c25-19(20-6-8-23-9-11-27-12-10-23)14-5-7-24(26)17(13-14)18-15-3-1-2-4-16(15)21-22-18/h1-5,7,13,26H,6,8-12H2,(H,20,25)/b18-17+. The van der Waals surface area contributed by atoms with Crippen LogP contribution in [-0.2, 0) is 9.53 Å². The fourth-order valence-corrected chi connectivity index (χ4v) is 3.17. The van der Waals surface area contributed by atoms with Gasteiger partial charge in [-0.1, -0.05) is 18.2 Å². The van der Waals surface area contributed by atoms with Crippen LogP contribution in [0.1, 0.15) is 5.56 Å². The molecular weight excluding hydrogens is 346 g/mol. The highest BCUT2D eigenvalue weighted by Gasteiger charge is 2.23. The van der Waals surface area contributed by atoms with Gasteiger partial charge in [-0.15, -0.1) is 10.2 Å². The summed E-state index contributed by atoms with van der Waals surface area (Å²) in [5.41, 5.74) is 2.99. The van der Waals surface area contributed by atoms with E-state index in [1.165, 1.54) is 6.20 Å². The topological polar surface area (TPSA) is 89.8 Å². The van der Waals surface area contributed by atoms with Crippen LogP contribution in [0.25, 0.3) is 5.70 Å². The van der Waals surface area contributed by atoms with Gasteiger partial charge < -0.3 is 10.1 Å². The molecule has 1 fully saturated rings. The molecule has 8 nitrogen and oxygen atoms in total. The predicted octanol–water partition coefficient (Wildman–Crippen LogP) is 2.05. The first-order valence-corrected chi connectivity index (χ1v) is 8.94. The minimum Gasteiger partial charge on any atom is -0.379 e. The molecule has 1 aromatic carbocycles. The van der Waals surface area contributed by atoms with Crippen molar-refractivity contribution in [2.45, 2.75) is 0 Å².